The average Bonchev–Trinajstić information content (AvgIpc) is 2.30. The highest BCUT2D eigenvalue weighted by Crippen LogP contribution is 2.26. The maximum Gasteiger partial charge on any atom is 0.122 e. The van der Waals surface area contributed by atoms with E-state index in [2.05, 4.69) is 4.98 Å². The van der Waals surface area contributed by atoms with Gasteiger partial charge in [0.2, 0.25) is 0 Å². The molecule has 0 saturated heterocycles. The number of halogens is 2. The molecule has 1 aromatic carbocycles. The summed E-state index contributed by atoms with van der Waals surface area (Å²) in [6, 6.07) is 12.6. The summed E-state index contributed by atoms with van der Waals surface area (Å²) in [5, 5.41) is 10.6. The van der Waals surface area contributed by atoms with E-state index in [0.717, 1.165) is 0 Å². The largest absolute Gasteiger partial charge is 0.382 e. The maximum absolute atomic E-state index is 10.0. The first-order chi connectivity index (χ1) is 7.29. The molecule has 0 aliphatic heterocycles. The summed E-state index contributed by atoms with van der Waals surface area (Å²) >= 11 is 5.98. The van der Waals surface area contributed by atoms with Gasteiger partial charge in [0.05, 0.1) is 5.69 Å². The summed E-state index contributed by atoms with van der Waals surface area (Å²) < 4.78 is 0. The molecule has 0 radical (unpaired) electrons. The molecule has 0 aliphatic rings. The second-order valence-corrected chi connectivity index (χ2v) is 3.59. The van der Waals surface area contributed by atoms with Gasteiger partial charge in [-0.3, -0.25) is 4.98 Å². The topological polar surface area (TPSA) is 33.1 Å². The highest BCUT2D eigenvalue weighted by Gasteiger charge is 2.13. The molecule has 0 aliphatic carbocycles. The molecule has 1 heterocycles. The van der Waals surface area contributed by atoms with Crippen LogP contribution in [-0.2, 0) is 0 Å². The lowest BCUT2D eigenvalue weighted by Crippen LogP contribution is -2.02. The molecule has 2 nitrogen and oxygen atoms in total. The molecule has 1 N–H and O–H groups in total. The molecule has 2 rings (SSSR count). The molecule has 16 heavy (non-hydrogen) atoms. The van der Waals surface area contributed by atoms with Crippen LogP contribution in [0.5, 0.6) is 0 Å². The van der Waals surface area contributed by atoms with Gasteiger partial charge in [0.25, 0.3) is 0 Å². The van der Waals surface area contributed by atoms with E-state index in [1.165, 1.54) is 0 Å². The van der Waals surface area contributed by atoms with Crippen molar-refractivity contribution >= 4 is 24.0 Å². The van der Waals surface area contributed by atoms with Gasteiger partial charge in [0.1, 0.15) is 6.10 Å². The smallest absolute Gasteiger partial charge is 0.122 e. The summed E-state index contributed by atoms with van der Waals surface area (Å²) in [5.41, 5.74) is 1.28. The van der Waals surface area contributed by atoms with E-state index in [9.17, 15) is 5.11 Å². The van der Waals surface area contributed by atoms with Gasteiger partial charge in [-0.05, 0) is 18.2 Å². The fraction of sp³-hybridized carbons (Fsp3) is 0.0833. The highest BCUT2D eigenvalue weighted by atomic mass is 35.5. The van der Waals surface area contributed by atoms with E-state index in [1.807, 2.05) is 24.3 Å². The number of benzene rings is 1. The van der Waals surface area contributed by atoms with Crippen LogP contribution in [0.15, 0.2) is 48.7 Å². The molecule has 0 amide bonds. The monoisotopic (exact) mass is 255 g/mol. The Bertz CT molecular complexity index is 448. The van der Waals surface area contributed by atoms with E-state index in [1.54, 1.807) is 24.4 Å². The third kappa shape index (κ3) is 2.73. The molecular weight excluding hydrogens is 245 g/mol. The number of hydrogen-bond acceptors (Lipinski definition) is 2. The van der Waals surface area contributed by atoms with Crippen molar-refractivity contribution in [2.45, 2.75) is 6.10 Å². The van der Waals surface area contributed by atoms with E-state index < -0.39 is 6.10 Å². The lowest BCUT2D eigenvalue weighted by atomic mass is 10.1. The molecule has 84 valence electrons. The number of aromatic nitrogens is 1. The molecule has 0 saturated carbocycles. The molecule has 1 unspecified atom stereocenters. The van der Waals surface area contributed by atoms with Crippen molar-refractivity contribution in [3.05, 3.63) is 64.9 Å². The Hall–Kier alpha value is -1.09. The predicted molar refractivity (Wildman–Crippen MR) is 67.0 cm³/mol. The highest BCUT2D eigenvalue weighted by molar-refractivity contribution is 6.31. The minimum atomic E-state index is -0.764. The SMILES string of the molecule is Cl.OC(c1ccccn1)c1ccccc1Cl. The van der Waals surface area contributed by atoms with Gasteiger partial charge in [-0.15, -0.1) is 12.4 Å². The van der Waals surface area contributed by atoms with Crippen LogP contribution in [0.2, 0.25) is 5.02 Å². The van der Waals surface area contributed by atoms with Gasteiger partial charge in [0, 0.05) is 16.8 Å². The Kier molecular flexibility index (Phi) is 4.74. The number of rotatable bonds is 2. The number of aliphatic hydroxyl groups excluding tert-OH is 1. The minimum absolute atomic E-state index is 0. The average molecular weight is 256 g/mol. The molecular formula is C12H11Cl2NO. The fourth-order valence-corrected chi connectivity index (χ4v) is 1.63. The molecule has 0 spiro atoms. The Morgan fingerprint density at radius 2 is 1.75 bits per heavy atom. The maximum atomic E-state index is 10.0. The van der Waals surface area contributed by atoms with Gasteiger partial charge in [-0.25, -0.2) is 0 Å². The van der Waals surface area contributed by atoms with Crippen molar-refractivity contribution in [1.82, 2.24) is 4.98 Å². The third-order valence-electron chi connectivity index (χ3n) is 2.17. The molecule has 2 aromatic rings. The van der Waals surface area contributed by atoms with E-state index in [0.29, 0.717) is 16.3 Å². The van der Waals surface area contributed by atoms with Crippen LogP contribution in [0, 0.1) is 0 Å². The van der Waals surface area contributed by atoms with Crippen LogP contribution in [0.4, 0.5) is 0 Å². The van der Waals surface area contributed by atoms with Crippen molar-refractivity contribution in [2.75, 3.05) is 0 Å². The van der Waals surface area contributed by atoms with Crippen LogP contribution in [-0.4, -0.2) is 10.1 Å². The van der Waals surface area contributed by atoms with Crippen LogP contribution in [0.3, 0.4) is 0 Å². The third-order valence-corrected chi connectivity index (χ3v) is 2.51. The van der Waals surface area contributed by atoms with Gasteiger partial charge in [-0.1, -0.05) is 35.9 Å². The molecule has 0 bridgehead atoms. The zero-order chi connectivity index (χ0) is 10.7. The van der Waals surface area contributed by atoms with Crippen LogP contribution in [0.25, 0.3) is 0 Å². The van der Waals surface area contributed by atoms with Gasteiger partial charge in [-0.2, -0.15) is 0 Å². The van der Waals surface area contributed by atoms with E-state index >= 15 is 0 Å². The van der Waals surface area contributed by atoms with Gasteiger partial charge >= 0.3 is 0 Å². The molecule has 1 aromatic heterocycles. The van der Waals surface area contributed by atoms with Crippen molar-refractivity contribution in [2.24, 2.45) is 0 Å². The van der Waals surface area contributed by atoms with Crippen molar-refractivity contribution in [3.8, 4) is 0 Å². The van der Waals surface area contributed by atoms with Crippen molar-refractivity contribution in [1.29, 1.82) is 0 Å². The summed E-state index contributed by atoms with van der Waals surface area (Å²) in [4.78, 5) is 4.09. The predicted octanol–water partition coefficient (Wildman–Crippen LogP) is 3.24. The number of nitrogens with zero attached hydrogens (tertiary/aromatic N) is 1. The summed E-state index contributed by atoms with van der Waals surface area (Å²) in [5.74, 6) is 0. The zero-order valence-electron chi connectivity index (χ0n) is 8.38. The summed E-state index contributed by atoms with van der Waals surface area (Å²) in [7, 11) is 0. The normalized spacial score (nSPS) is 11.6. The Balaban J connectivity index is 0.00000128. The number of aliphatic hydroxyl groups is 1. The lowest BCUT2D eigenvalue weighted by molar-refractivity contribution is 0.215. The van der Waals surface area contributed by atoms with E-state index in [4.69, 9.17) is 11.6 Å². The Morgan fingerprint density at radius 3 is 2.38 bits per heavy atom. The Labute approximate surface area is 105 Å². The minimum Gasteiger partial charge on any atom is -0.382 e. The van der Waals surface area contributed by atoms with Crippen molar-refractivity contribution in [3.63, 3.8) is 0 Å². The molecule has 1 atom stereocenters. The first-order valence-electron chi connectivity index (χ1n) is 4.62. The molecule has 0 fully saturated rings. The van der Waals surface area contributed by atoms with E-state index in [-0.39, 0.29) is 12.4 Å². The lowest BCUT2D eigenvalue weighted by Gasteiger charge is -2.11. The quantitative estimate of drug-likeness (QED) is 0.894. The zero-order valence-corrected chi connectivity index (χ0v) is 9.95. The van der Waals surface area contributed by atoms with Crippen LogP contribution >= 0.6 is 24.0 Å². The first-order valence-corrected chi connectivity index (χ1v) is 5.00. The number of hydrogen-bond donors (Lipinski definition) is 1. The standard InChI is InChI=1S/C12H10ClNO.ClH/c13-10-6-2-1-5-9(10)12(15)11-7-3-4-8-14-11;/h1-8,12,15H;1H. The van der Waals surface area contributed by atoms with Crippen molar-refractivity contribution < 1.29 is 5.11 Å². The molecule has 4 heteroatoms. The summed E-state index contributed by atoms with van der Waals surface area (Å²) in [6.07, 6.45) is 0.884. The second-order valence-electron chi connectivity index (χ2n) is 3.18. The van der Waals surface area contributed by atoms with Crippen LogP contribution < -0.4 is 0 Å². The fourth-order valence-electron chi connectivity index (χ4n) is 1.39. The second kappa shape index (κ2) is 5.85. The first kappa shape index (κ1) is 13.0. The van der Waals surface area contributed by atoms with Crippen LogP contribution in [0.1, 0.15) is 17.4 Å². The van der Waals surface area contributed by atoms with Gasteiger partial charge < -0.3 is 5.11 Å². The van der Waals surface area contributed by atoms with Gasteiger partial charge in [0.15, 0.2) is 0 Å². The Morgan fingerprint density at radius 1 is 1.06 bits per heavy atom. The number of pyridine rings is 1. The summed E-state index contributed by atoms with van der Waals surface area (Å²) in [6.45, 7) is 0.